The molecular weight excluding hydrogens is 268 g/mol. The Hall–Kier alpha value is -1.99. The highest BCUT2D eigenvalue weighted by atomic mass is 35.5. The molecule has 0 aliphatic carbocycles. The second-order valence-corrected chi connectivity index (χ2v) is 5.25. The maximum absolute atomic E-state index is 6.02. The Morgan fingerprint density at radius 3 is 2.75 bits per heavy atom. The highest BCUT2D eigenvalue weighted by Crippen LogP contribution is 2.29. The molecule has 0 atom stereocenters. The highest BCUT2D eigenvalue weighted by Gasteiger charge is 2.13. The van der Waals surface area contributed by atoms with E-state index >= 15 is 0 Å². The summed E-state index contributed by atoms with van der Waals surface area (Å²) in [4.78, 5) is 0. The minimum Gasteiger partial charge on any atom is -0.489 e. The van der Waals surface area contributed by atoms with Crippen LogP contribution in [0.5, 0.6) is 5.75 Å². The smallest absolute Gasteiger partial charge is 0.123 e. The van der Waals surface area contributed by atoms with Gasteiger partial charge in [-0.05, 0) is 34.9 Å². The van der Waals surface area contributed by atoms with Crippen molar-refractivity contribution in [3.63, 3.8) is 0 Å². The summed E-state index contributed by atoms with van der Waals surface area (Å²) in [6, 6.07) is 16.0. The number of benzene rings is 2. The molecule has 0 saturated heterocycles. The zero-order valence-electron chi connectivity index (χ0n) is 11.1. The van der Waals surface area contributed by atoms with Crippen molar-refractivity contribution in [2.24, 2.45) is 0 Å². The van der Waals surface area contributed by atoms with E-state index in [1.807, 2.05) is 36.4 Å². The molecule has 0 spiro atoms. The molecule has 20 heavy (non-hydrogen) atoms. The first-order chi connectivity index (χ1) is 9.81. The Kier molecular flexibility index (Phi) is 3.89. The van der Waals surface area contributed by atoms with Gasteiger partial charge in [0.1, 0.15) is 12.4 Å². The van der Waals surface area contributed by atoms with E-state index in [0.717, 1.165) is 22.8 Å². The van der Waals surface area contributed by atoms with E-state index in [4.69, 9.17) is 16.3 Å². The summed E-state index contributed by atoms with van der Waals surface area (Å²) in [5.41, 5.74) is 3.61. The lowest BCUT2D eigenvalue weighted by molar-refractivity contribution is 0.332. The zero-order valence-corrected chi connectivity index (χ0v) is 11.8. The summed E-state index contributed by atoms with van der Waals surface area (Å²) < 4.78 is 5.73. The van der Waals surface area contributed by atoms with E-state index in [2.05, 4.69) is 30.4 Å². The Morgan fingerprint density at radius 2 is 1.90 bits per heavy atom. The molecule has 0 amide bonds. The molecule has 1 heterocycles. The van der Waals surface area contributed by atoms with Gasteiger partial charge in [-0.1, -0.05) is 60.2 Å². The normalized spacial score (nSPS) is 16.1. The maximum Gasteiger partial charge on any atom is 0.123 e. The molecule has 0 fully saturated rings. The van der Waals surface area contributed by atoms with E-state index in [1.165, 1.54) is 11.1 Å². The third kappa shape index (κ3) is 3.12. The average Bonchev–Trinajstić information content (AvgIpc) is 2.48. The number of halogens is 1. The third-order valence-corrected chi connectivity index (χ3v) is 3.51. The fraction of sp³-hybridized carbons (Fsp3) is 0.111. The number of fused-ring (bicyclic) bond motifs is 1. The van der Waals surface area contributed by atoms with Crippen LogP contribution in [0.1, 0.15) is 11.1 Å². The first kappa shape index (κ1) is 13.0. The van der Waals surface area contributed by atoms with Crippen molar-refractivity contribution in [3.05, 3.63) is 82.4 Å². The van der Waals surface area contributed by atoms with Crippen molar-refractivity contribution in [2.75, 3.05) is 6.61 Å². The van der Waals surface area contributed by atoms with Gasteiger partial charge >= 0.3 is 0 Å². The molecule has 0 saturated carbocycles. The molecule has 1 nitrogen and oxygen atoms in total. The van der Waals surface area contributed by atoms with Gasteiger partial charge in [-0.3, -0.25) is 0 Å². The van der Waals surface area contributed by atoms with E-state index in [9.17, 15) is 0 Å². The summed E-state index contributed by atoms with van der Waals surface area (Å²) in [6.07, 6.45) is 7.19. The molecule has 1 aliphatic rings. The monoisotopic (exact) mass is 282 g/mol. The fourth-order valence-electron chi connectivity index (χ4n) is 2.26. The summed E-state index contributed by atoms with van der Waals surface area (Å²) in [5, 5.41) is 0.758. The van der Waals surface area contributed by atoms with Gasteiger partial charge in [-0.2, -0.15) is 0 Å². The molecule has 1 aliphatic heterocycles. The summed E-state index contributed by atoms with van der Waals surface area (Å²) >= 11 is 6.02. The Morgan fingerprint density at radius 1 is 1.05 bits per heavy atom. The van der Waals surface area contributed by atoms with Crippen molar-refractivity contribution in [3.8, 4) is 5.75 Å². The largest absolute Gasteiger partial charge is 0.489 e. The SMILES string of the molecule is Clc1ccc2c(c1)C/C(=C/C=C/c1ccccc1)CO2. The second-order valence-electron chi connectivity index (χ2n) is 4.81. The predicted octanol–water partition coefficient (Wildman–Crippen LogP) is 4.91. The van der Waals surface area contributed by atoms with Gasteiger partial charge in [0.2, 0.25) is 0 Å². The third-order valence-electron chi connectivity index (χ3n) is 3.27. The summed E-state index contributed by atoms with van der Waals surface area (Å²) in [7, 11) is 0. The van der Waals surface area contributed by atoms with Crippen LogP contribution >= 0.6 is 11.6 Å². The quantitative estimate of drug-likeness (QED) is 0.760. The number of ether oxygens (including phenoxy) is 1. The minimum absolute atomic E-state index is 0.647. The van der Waals surface area contributed by atoms with E-state index in [-0.39, 0.29) is 0 Å². The molecule has 0 unspecified atom stereocenters. The molecule has 0 radical (unpaired) electrons. The molecule has 2 heteroatoms. The van der Waals surface area contributed by atoms with Crippen molar-refractivity contribution in [1.29, 1.82) is 0 Å². The molecule has 0 aromatic heterocycles. The number of allylic oxidation sites excluding steroid dienone is 2. The number of rotatable bonds is 2. The Bertz CT molecular complexity index is 656. The molecule has 2 aromatic rings. The molecular formula is C18H15ClO. The second kappa shape index (κ2) is 5.98. The Labute approximate surface area is 124 Å². The van der Waals surface area contributed by atoms with Crippen LogP contribution in [-0.4, -0.2) is 6.61 Å². The van der Waals surface area contributed by atoms with Gasteiger partial charge < -0.3 is 4.74 Å². The van der Waals surface area contributed by atoms with Crippen LogP contribution < -0.4 is 4.74 Å². The highest BCUT2D eigenvalue weighted by molar-refractivity contribution is 6.30. The van der Waals surface area contributed by atoms with E-state index in [0.29, 0.717) is 6.61 Å². The summed E-state index contributed by atoms with van der Waals surface area (Å²) in [5.74, 6) is 0.943. The lowest BCUT2D eigenvalue weighted by Crippen LogP contribution is -2.11. The van der Waals surface area contributed by atoms with Crippen LogP contribution in [0, 0.1) is 0 Å². The topological polar surface area (TPSA) is 9.23 Å². The van der Waals surface area contributed by atoms with Crippen LogP contribution in [-0.2, 0) is 6.42 Å². The first-order valence-electron chi connectivity index (χ1n) is 6.64. The van der Waals surface area contributed by atoms with E-state index < -0.39 is 0 Å². The lowest BCUT2D eigenvalue weighted by atomic mass is 10.0. The van der Waals surface area contributed by atoms with Crippen molar-refractivity contribution in [2.45, 2.75) is 6.42 Å². The number of hydrogen-bond acceptors (Lipinski definition) is 1. The Balaban J connectivity index is 1.73. The zero-order chi connectivity index (χ0) is 13.8. The van der Waals surface area contributed by atoms with Gasteiger partial charge in [-0.15, -0.1) is 0 Å². The minimum atomic E-state index is 0.647. The molecule has 0 bridgehead atoms. The van der Waals surface area contributed by atoms with Gasteiger partial charge in [0.25, 0.3) is 0 Å². The van der Waals surface area contributed by atoms with Crippen LogP contribution in [0.4, 0.5) is 0 Å². The molecule has 0 N–H and O–H groups in total. The molecule has 2 aromatic carbocycles. The van der Waals surface area contributed by atoms with Crippen molar-refractivity contribution < 1.29 is 4.74 Å². The van der Waals surface area contributed by atoms with Gasteiger partial charge in [-0.25, -0.2) is 0 Å². The van der Waals surface area contributed by atoms with Crippen LogP contribution in [0.2, 0.25) is 5.02 Å². The summed E-state index contributed by atoms with van der Waals surface area (Å²) in [6.45, 7) is 0.647. The van der Waals surface area contributed by atoms with E-state index in [1.54, 1.807) is 0 Å². The fourth-order valence-corrected chi connectivity index (χ4v) is 2.45. The number of hydrogen-bond donors (Lipinski definition) is 0. The van der Waals surface area contributed by atoms with Crippen molar-refractivity contribution >= 4 is 17.7 Å². The molecule has 3 rings (SSSR count). The van der Waals surface area contributed by atoms with Gasteiger partial charge in [0, 0.05) is 11.4 Å². The van der Waals surface area contributed by atoms with Crippen LogP contribution in [0.25, 0.3) is 6.08 Å². The maximum atomic E-state index is 6.02. The lowest BCUT2D eigenvalue weighted by Gasteiger charge is -2.19. The molecule has 100 valence electrons. The van der Waals surface area contributed by atoms with Gasteiger partial charge in [0.05, 0.1) is 0 Å². The van der Waals surface area contributed by atoms with Crippen LogP contribution in [0.3, 0.4) is 0 Å². The van der Waals surface area contributed by atoms with Crippen LogP contribution in [0.15, 0.2) is 66.3 Å². The van der Waals surface area contributed by atoms with Gasteiger partial charge in [0.15, 0.2) is 0 Å². The average molecular weight is 283 g/mol. The standard InChI is InChI=1S/C18H15ClO/c19-17-9-10-18-16(12-17)11-15(13-20-18)8-4-7-14-5-2-1-3-6-14/h1-10,12H,11,13H2/b7-4+,15-8-. The first-order valence-corrected chi connectivity index (χ1v) is 7.01. The predicted molar refractivity (Wildman–Crippen MR) is 84.2 cm³/mol. The van der Waals surface area contributed by atoms with Crippen molar-refractivity contribution in [1.82, 2.24) is 0 Å².